The van der Waals surface area contributed by atoms with Crippen molar-refractivity contribution >= 4 is 11.8 Å². The molecule has 0 aliphatic carbocycles. The third-order valence-corrected chi connectivity index (χ3v) is 3.13. The number of carbonyl (C=O) groups excluding carboxylic acids is 2. The zero-order valence-corrected chi connectivity index (χ0v) is 12.5. The summed E-state index contributed by atoms with van der Waals surface area (Å²) < 4.78 is 15.0. The molecule has 0 bridgehead atoms. The second kappa shape index (κ2) is 8.09. The summed E-state index contributed by atoms with van der Waals surface area (Å²) in [4.78, 5) is 24.5. The van der Waals surface area contributed by atoms with Crippen LogP contribution in [0.1, 0.15) is 23.2 Å². The first kappa shape index (κ1) is 16.8. The molecule has 1 aromatic rings. The molecule has 5 nitrogen and oxygen atoms in total. The van der Waals surface area contributed by atoms with Crippen LogP contribution in [-0.4, -0.2) is 33.1 Å². The first-order valence-corrected chi connectivity index (χ1v) is 6.54. The van der Waals surface area contributed by atoms with E-state index in [1.165, 1.54) is 21.3 Å². The first-order chi connectivity index (χ1) is 10.1. The standard InChI is InChI=1S/C16H20O5/c1-5-6-7-12(16(18)21-4)15(17)13-10-11(19-2)8-9-14(13)20-3/h5,8-10,12H,1,6-7H2,2-4H3. The van der Waals surface area contributed by atoms with E-state index in [1.807, 2.05) is 0 Å². The van der Waals surface area contributed by atoms with Gasteiger partial charge in [-0.25, -0.2) is 0 Å². The lowest BCUT2D eigenvalue weighted by Crippen LogP contribution is -2.25. The average molecular weight is 292 g/mol. The molecule has 0 N–H and O–H groups in total. The molecule has 0 amide bonds. The minimum Gasteiger partial charge on any atom is -0.497 e. The number of esters is 1. The van der Waals surface area contributed by atoms with E-state index in [4.69, 9.17) is 14.2 Å². The highest BCUT2D eigenvalue weighted by Crippen LogP contribution is 2.28. The van der Waals surface area contributed by atoms with Crippen LogP contribution in [0.4, 0.5) is 0 Å². The molecule has 0 aliphatic heterocycles. The van der Waals surface area contributed by atoms with Crippen molar-refractivity contribution in [3.8, 4) is 11.5 Å². The summed E-state index contributed by atoms with van der Waals surface area (Å²) in [6.45, 7) is 3.60. The molecule has 1 rings (SSSR count). The van der Waals surface area contributed by atoms with Crippen LogP contribution >= 0.6 is 0 Å². The summed E-state index contributed by atoms with van der Waals surface area (Å²) in [6, 6.07) is 4.88. The first-order valence-electron chi connectivity index (χ1n) is 6.54. The number of rotatable bonds is 8. The van der Waals surface area contributed by atoms with Gasteiger partial charge in [0.2, 0.25) is 0 Å². The highest BCUT2D eigenvalue weighted by atomic mass is 16.5. The van der Waals surface area contributed by atoms with E-state index in [2.05, 4.69) is 6.58 Å². The Balaban J connectivity index is 3.17. The number of methoxy groups -OCH3 is 3. The van der Waals surface area contributed by atoms with Crippen LogP contribution in [-0.2, 0) is 9.53 Å². The van der Waals surface area contributed by atoms with Crippen molar-refractivity contribution in [2.24, 2.45) is 5.92 Å². The highest BCUT2D eigenvalue weighted by Gasteiger charge is 2.30. The Kier molecular flexibility index (Phi) is 6.46. The van der Waals surface area contributed by atoms with E-state index in [-0.39, 0.29) is 5.78 Å². The summed E-state index contributed by atoms with van der Waals surface area (Å²) in [5.74, 6) is -0.875. The third kappa shape index (κ3) is 4.08. The predicted molar refractivity (Wildman–Crippen MR) is 78.8 cm³/mol. The number of carbonyl (C=O) groups is 2. The Morgan fingerprint density at radius 2 is 1.95 bits per heavy atom. The number of Topliss-reactive ketones (excluding diaryl/α,β-unsaturated/α-hetero) is 1. The lowest BCUT2D eigenvalue weighted by molar-refractivity contribution is -0.143. The Bertz CT molecular complexity index is 521. The van der Waals surface area contributed by atoms with E-state index in [0.717, 1.165) is 0 Å². The van der Waals surface area contributed by atoms with Crippen LogP contribution < -0.4 is 9.47 Å². The number of ketones is 1. The highest BCUT2D eigenvalue weighted by molar-refractivity contribution is 6.10. The van der Waals surface area contributed by atoms with Gasteiger partial charge in [0.1, 0.15) is 17.4 Å². The molecule has 5 heteroatoms. The minimum atomic E-state index is -0.881. The molecule has 0 fully saturated rings. The zero-order valence-electron chi connectivity index (χ0n) is 12.5. The van der Waals surface area contributed by atoms with Gasteiger partial charge in [0.25, 0.3) is 0 Å². The van der Waals surface area contributed by atoms with Gasteiger partial charge in [-0.3, -0.25) is 9.59 Å². The fourth-order valence-electron chi connectivity index (χ4n) is 1.98. The van der Waals surface area contributed by atoms with Crippen LogP contribution in [0.2, 0.25) is 0 Å². The van der Waals surface area contributed by atoms with Gasteiger partial charge in [-0.1, -0.05) is 6.08 Å². The van der Waals surface area contributed by atoms with E-state index >= 15 is 0 Å². The van der Waals surface area contributed by atoms with Crippen molar-refractivity contribution in [3.63, 3.8) is 0 Å². The second-order valence-electron chi connectivity index (χ2n) is 4.37. The smallest absolute Gasteiger partial charge is 0.316 e. The van der Waals surface area contributed by atoms with Crippen LogP contribution in [0.15, 0.2) is 30.9 Å². The van der Waals surface area contributed by atoms with E-state index < -0.39 is 11.9 Å². The average Bonchev–Trinajstić information content (AvgIpc) is 2.53. The molecule has 0 radical (unpaired) electrons. The molecule has 0 heterocycles. The van der Waals surface area contributed by atoms with Gasteiger partial charge in [0.15, 0.2) is 5.78 Å². The van der Waals surface area contributed by atoms with Gasteiger partial charge >= 0.3 is 5.97 Å². The SMILES string of the molecule is C=CCCC(C(=O)OC)C(=O)c1cc(OC)ccc1OC. The molecule has 1 aromatic carbocycles. The topological polar surface area (TPSA) is 61.8 Å². The molecular weight excluding hydrogens is 272 g/mol. The van der Waals surface area contributed by atoms with Crippen LogP contribution in [0, 0.1) is 5.92 Å². The number of hydrogen-bond donors (Lipinski definition) is 0. The van der Waals surface area contributed by atoms with Gasteiger partial charge in [-0.2, -0.15) is 0 Å². The molecule has 0 saturated heterocycles. The lowest BCUT2D eigenvalue weighted by Gasteiger charge is -2.15. The predicted octanol–water partition coefficient (Wildman–Crippen LogP) is 2.64. The summed E-state index contributed by atoms with van der Waals surface area (Å²) >= 11 is 0. The number of benzene rings is 1. The maximum absolute atomic E-state index is 12.6. The zero-order chi connectivity index (χ0) is 15.8. The second-order valence-corrected chi connectivity index (χ2v) is 4.37. The molecule has 0 saturated carbocycles. The van der Waals surface area contributed by atoms with Crippen molar-refractivity contribution in [1.29, 1.82) is 0 Å². The largest absolute Gasteiger partial charge is 0.497 e. The summed E-state index contributed by atoms with van der Waals surface area (Å²) in [5, 5.41) is 0. The summed E-state index contributed by atoms with van der Waals surface area (Å²) in [6.07, 6.45) is 2.54. The summed E-state index contributed by atoms with van der Waals surface area (Å²) in [7, 11) is 4.24. The van der Waals surface area contributed by atoms with Gasteiger partial charge in [-0.05, 0) is 31.0 Å². The number of ether oxygens (including phenoxy) is 3. The van der Waals surface area contributed by atoms with Crippen molar-refractivity contribution < 1.29 is 23.8 Å². The van der Waals surface area contributed by atoms with Crippen molar-refractivity contribution in [2.45, 2.75) is 12.8 Å². The third-order valence-electron chi connectivity index (χ3n) is 3.13. The fourth-order valence-corrected chi connectivity index (χ4v) is 1.98. The fraction of sp³-hybridized carbons (Fsp3) is 0.375. The van der Waals surface area contributed by atoms with Crippen LogP contribution in [0.25, 0.3) is 0 Å². The summed E-state index contributed by atoms with van der Waals surface area (Å²) in [5.41, 5.74) is 0.302. The Labute approximate surface area is 124 Å². The maximum Gasteiger partial charge on any atom is 0.316 e. The van der Waals surface area contributed by atoms with Gasteiger partial charge < -0.3 is 14.2 Å². The molecule has 0 spiro atoms. The van der Waals surface area contributed by atoms with Gasteiger partial charge in [0.05, 0.1) is 26.9 Å². The quantitative estimate of drug-likeness (QED) is 0.319. The van der Waals surface area contributed by atoms with Crippen LogP contribution in [0.5, 0.6) is 11.5 Å². The molecule has 1 unspecified atom stereocenters. The molecule has 21 heavy (non-hydrogen) atoms. The molecule has 0 aromatic heterocycles. The minimum absolute atomic E-state index is 0.302. The van der Waals surface area contributed by atoms with Gasteiger partial charge in [0, 0.05) is 0 Å². The molecular formula is C16H20O5. The van der Waals surface area contributed by atoms with Crippen molar-refractivity contribution in [3.05, 3.63) is 36.4 Å². The van der Waals surface area contributed by atoms with E-state index in [9.17, 15) is 9.59 Å². The van der Waals surface area contributed by atoms with E-state index in [0.29, 0.717) is 29.9 Å². The van der Waals surface area contributed by atoms with E-state index in [1.54, 1.807) is 24.3 Å². The Hall–Kier alpha value is -2.30. The lowest BCUT2D eigenvalue weighted by atomic mass is 9.92. The Morgan fingerprint density at radius 3 is 2.48 bits per heavy atom. The normalized spacial score (nSPS) is 11.4. The van der Waals surface area contributed by atoms with Crippen molar-refractivity contribution in [2.75, 3.05) is 21.3 Å². The number of hydrogen-bond acceptors (Lipinski definition) is 5. The maximum atomic E-state index is 12.6. The monoisotopic (exact) mass is 292 g/mol. The Morgan fingerprint density at radius 1 is 1.24 bits per heavy atom. The molecule has 0 aliphatic rings. The molecule has 1 atom stereocenters. The van der Waals surface area contributed by atoms with Crippen molar-refractivity contribution in [1.82, 2.24) is 0 Å². The van der Waals surface area contributed by atoms with Crippen LogP contribution in [0.3, 0.4) is 0 Å². The molecule has 114 valence electrons. The van der Waals surface area contributed by atoms with Gasteiger partial charge in [-0.15, -0.1) is 6.58 Å². The number of allylic oxidation sites excluding steroid dienone is 1.